The predicted molar refractivity (Wildman–Crippen MR) is 187 cm³/mol. The number of carbonyl (C=O) groups excluding carboxylic acids is 2. The van der Waals surface area contributed by atoms with Gasteiger partial charge in [0, 0.05) is 6.61 Å². The monoisotopic (exact) mass is 672 g/mol. The molecule has 0 unspecified atom stereocenters. The summed E-state index contributed by atoms with van der Waals surface area (Å²) in [4.78, 5) is 26.3. The highest BCUT2D eigenvalue weighted by Crippen LogP contribution is 2.49. The molecule has 1 aliphatic rings. The van der Waals surface area contributed by atoms with E-state index in [9.17, 15) is 18.0 Å². The van der Waals surface area contributed by atoms with Gasteiger partial charge in [-0.15, -0.1) is 0 Å². The number of ether oxygens (including phenoxy) is 2. The molecule has 0 bridgehead atoms. The molecule has 1 saturated carbocycles. The molecule has 0 amide bonds. The van der Waals surface area contributed by atoms with Crippen molar-refractivity contribution in [1.82, 2.24) is 0 Å². The zero-order chi connectivity index (χ0) is 34.4. The SMILES string of the molecule is COC(=O)C1(Cc2cccc([C@@](C)(CCCC(C)(C)CS(=O)(=O)CCO[Si](C)(C)C(C)(C)C)C(=O)OCc3ccccc3)c2)CC1. The first kappa shape index (κ1) is 38.0. The van der Waals surface area contributed by atoms with Crippen molar-refractivity contribution in [3.8, 4) is 0 Å². The molecule has 2 aromatic rings. The van der Waals surface area contributed by atoms with Crippen LogP contribution in [-0.2, 0) is 51.8 Å². The first-order valence-corrected chi connectivity index (χ1v) is 21.2. The van der Waals surface area contributed by atoms with E-state index in [1.807, 2.05) is 75.4 Å². The Kier molecular flexibility index (Phi) is 12.2. The van der Waals surface area contributed by atoms with Gasteiger partial charge in [-0.3, -0.25) is 9.59 Å². The molecular weight excluding hydrogens is 617 g/mol. The number of rotatable bonds is 17. The lowest BCUT2D eigenvalue weighted by molar-refractivity contribution is -0.152. The topological polar surface area (TPSA) is 96.0 Å². The van der Waals surface area contributed by atoms with Crippen molar-refractivity contribution in [3.63, 3.8) is 0 Å². The molecule has 0 saturated heterocycles. The molecule has 9 heteroatoms. The highest BCUT2D eigenvalue weighted by atomic mass is 32.2. The van der Waals surface area contributed by atoms with Gasteiger partial charge in [-0.05, 0) is 79.3 Å². The number of esters is 2. The van der Waals surface area contributed by atoms with E-state index < -0.39 is 34.4 Å². The maximum Gasteiger partial charge on any atom is 0.316 e. The van der Waals surface area contributed by atoms with E-state index in [0.717, 1.165) is 29.5 Å². The summed E-state index contributed by atoms with van der Waals surface area (Å²) in [5, 5.41) is 0.0190. The normalized spacial score (nSPS) is 16.4. The number of hydrogen-bond donors (Lipinski definition) is 0. The fourth-order valence-corrected chi connectivity index (χ4v) is 8.79. The van der Waals surface area contributed by atoms with Crippen molar-refractivity contribution in [2.24, 2.45) is 10.8 Å². The van der Waals surface area contributed by atoms with Crippen LogP contribution in [0.4, 0.5) is 0 Å². The number of benzene rings is 2. The zero-order valence-corrected chi connectivity index (χ0v) is 31.3. The predicted octanol–water partition coefficient (Wildman–Crippen LogP) is 7.82. The molecule has 0 aliphatic heterocycles. The summed E-state index contributed by atoms with van der Waals surface area (Å²) in [6.07, 6.45) is 3.90. The van der Waals surface area contributed by atoms with Crippen molar-refractivity contribution < 1.29 is 31.9 Å². The Balaban J connectivity index is 1.73. The fraction of sp³-hybridized carbons (Fsp3) is 0.622. The van der Waals surface area contributed by atoms with E-state index in [1.165, 1.54) is 7.11 Å². The van der Waals surface area contributed by atoms with E-state index in [4.69, 9.17) is 13.9 Å². The van der Waals surface area contributed by atoms with Gasteiger partial charge in [0.2, 0.25) is 0 Å². The Morgan fingerprint density at radius 3 is 2.11 bits per heavy atom. The lowest BCUT2D eigenvalue weighted by Gasteiger charge is -2.36. The van der Waals surface area contributed by atoms with Crippen molar-refractivity contribution in [3.05, 3.63) is 71.3 Å². The Hall–Kier alpha value is -2.49. The highest BCUT2D eigenvalue weighted by molar-refractivity contribution is 7.91. The van der Waals surface area contributed by atoms with Crippen molar-refractivity contribution in [2.75, 3.05) is 25.2 Å². The third kappa shape index (κ3) is 10.3. The van der Waals surface area contributed by atoms with Crippen LogP contribution in [0.1, 0.15) is 90.3 Å². The lowest BCUT2D eigenvalue weighted by atomic mass is 9.75. The molecule has 0 aromatic heterocycles. The molecule has 1 fully saturated rings. The molecule has 3 rings (SSSR count). The number of hydrogen-bond acceptors (Lipinski definition) is 7. The van der Waals surface area contributed by atoms with E-state index in [0.29, 0.717) is 25.7 Å². The largest absolute Gasteiger partial charge is 0.469 e. The molecule has 2 aromatic carbocycles. The quantitative estimate of drug-likeness (QED) is 0.125. The second-order valence-corrected chi connectivity index (χ2v) is 22.8. The van der Waals surface area contributed by atoms with E-state index in [2.05, 4.69) is 33.9 Å². The first-order valence-electron chi connectivity index (χ1n) is 16.5. The summed E-state index contributed by atoms with van der Waals surface area (Å²) in [5.74, 6) is -0.449. The second kappa shape index (κ2) is 14.7. The zero-order valence-electron chi connectivity index (χ0n) is 29.5. The standard InChI is InChI=1S/C37H56O7SSi/c1-34(2,3)46(8,9)44-23-24-45(40,41)28-35(4,5)19-14-20-36(6,32(38)43-27-29-15-11-10-12-16-29)31-18-13-17-30(25-31)26-37(21-22-37)33(39)42-7/h10-13,15-18,25H,14,19-24,26-28H2,1-9H3/t36-/m1/s1. The minimum atomic E-state index is -3.34. The van der Waals surface area contributed by atoms with Gasteiger partial charge < -0.3 is 13.9 Å². The van der Waals surface area contributed by atoms with Crippen LogP contribution in [0.2, 0.25) is 18.1 Å². The van der Waals surface area contributed by atoms with Crippen molar-refractivity contribution in [1.29, 1.82) is 0 Å². The summed E-state index contributed by atoms with van der Waals surface area (Å²) in [7, 11) is -3.94. The molecule has 46 heavy (non-hydrogen) atoms. The number of carbonyl (C=O) groups is 2. The summed E-state index contributed by atoms with van der Waals surface area (Å²) in [5.41, 5.74) is 0.794. The van der Waals surface area contributed by atoms with Gasteiger partial charge in [0.05, 0.1) is 29.4 Å². The molecule has 1 atom stereocenters. The first-order chi connectivity index (χ1) is 21.2. The lowest BCUT2D eigenvalue weighted by Crippen LogP contribution is -2.42. The van der Waals surface area contributed by atoms with Gasteiger partial charge in [-0.25, -0.2) is 8.42 Å². The van der Waals surface area contributed by atoms with Crippen LogP contribution in [0, 0.1) is 10.8 Å². The van der Waals surface area contributed by atoms with Gasteiger partial charge in [0.25, 0.3) is 0 Å². The average Bonchev–Trinajstić information content (AvgIpc) is 3.74. The Morgan fingerprint density at radius 1 is 0.891 bits per heavy atom. The summed E-state index contributed by atoms with van der Waals surface area (Å²) in [6, 6.07) is 17.5. The molecule has 0 heterocycles. The molecule has 0 N–H and O–H groups in total. The number of methoxy groups -OCH3 is 1. The van der Waals surface area contributed by atoms with Gasteiger partial charge in [0.15, 0.2) is 18.2 Å². The van der Waals surface area contributed by atoms with Crippen LogP contribution >= 0.6 is 0 Å². The van der Waals surface area contributed by atoms with Crippen LogP contribution in [0.3, 0.4) is 0 Å². The highest BCUT2D eigenvalue weighted by Gasteiger charge is 2.51. The Labute approximate surface area is 278 Å². The van der Waals surface area contributed by atoms with Crippen LogP contribution in [0.15, 0.2) is 54.6 Å². The smallest absolute Gasteiger partial charge is 0.316 e. The maximum absolute atomic E-state index is 13.9. The molecular formula is C37H56O7SSi. The van der Waals surface area contributed by atoms with Crippen LogP contribution in [-0.4, -0.2) is 53.9 Å². The minimum Gasteiger partial charge on any atom is -0.469 e. The Morgan fingerprint density at radius 2 is 1.52 bits per heavy atom. The third-order valence-electron chi connectivity index (χ3n) is 10.0. The minimum absolute atomic E-state index is 0.00627. The van der Waals surface area contributed by atoms with E-state index >= 15 is 0 Å². The van der Waals surface area contributed by atoms with E-state index in [-0.39, 0.29) is 41.7 Å². The fourth-order valence-electron chi connectivity index (χ4n) is 5.78. The average molecular weight is 673 g/mol. The molecule has 0 spiro atoms. The van der Waals surface area contributed by atoms with Crippen LogP contribution in [0.25, 0.3) is 0 Å². The molecule has 0 radical (unpaired) electrons. The third-order valence-corrected chi connectivity index (χ3v) is 16.6. The van der Waals surface area contributed by atoms with Gasteiger partial charge >= 0.3 is 11.9 Å². The number of sulfone groups is 1. The molecule has 256 valence electrons. The molecule has 1 aliphatic carbocycles. The summed E-state index contributed by atoms with van der Waals surface area (Å²) >= 11 is 0. The van der Waals surface area contributed by atoms with Crippen LogP contribution < -0.4 is 0 Å². The maximum atomic E-state index is 13.9. The second-order valence-electron chi connectivity index (χ2n) is 15.8. The summed E-state index contributed by atoms with van der Waals surface area (Å²) in [6.45, 7) is 16.9. The van der Waals surface area contributed by atoms with Crippen LogP contribution in [0.5, 0.6) is 0 Å². The summed E-state index contributed by atoms with van der Waals surface area (Å²) < 4.78 is 43.4. The van der Waals surface area contributed by atoms with Crippen molar-refractivity contribution in [2.45, 2.75) is 110 Å². The molecule has 7 nitrogen and oxygen atoms in total. The van der Waals surface area contributed by atoms with Gasteiger partial charge in [0.1, 0.15) is 6.61 Å². The van der Waals surface area contributed by atoms with E-state index in [1.54, 1.807) is 0 Å². The van der Waals surface area contributed by atoms with Gasteiger partial charge in [-0.2, -0.15) is 0 Å². The van der Waals surface area contributed by atoms with Crippen molar-refractivity contribution >= 4 is 30.1 Å². The Bertz CT molecular complexity index is 1440. The van der Waals surface area contributed by atoms with Gasteiger partial charge in [-0.1, -0.05) is 95.6 Å².